The second-order valence-electron chi connectivity index (χ2n) is 3.76. The maximum atomic E-state index is 11.7. The summed E-state index contributed by atoms with van der Waals surface area (Å²) in [5.41, 5.74) is 0. The van der Waals surface area contributed by atoms with Gasteiger partial charge < -0.3 is 0 Å². The third-order valence-corrected chi connectivity index (χ3v) is 4.38. The topological polar surface area (TPSA) is 49.4 Å². The van der Waals surface area contributed by atoms with Crippen molar-refractivity contribution in [3.05, 3.63) is 0 Å². The third-order valence-electron chi connectivity index (χ3n) is 2.50. The minimum Gasteiger partial charge on any atom is -0.202 e. The maximum Gasteiger partial charge on any atom is 0.279 e. The van der Waals surface area contributed by atoms with Crippen molar-refractivity contribution in [1.82, 2.24) is 9.03 Å². The van der Waals surface area contributed by atoms with Gasteiger partial charge in [-0.3, -0.25) is 0 Å². The predicted octanol–water partition coefficient (Wildman–Crippen LogP) is 1.33. The SMILES string of the molecule is O=S(=O)(NCCCCCl)N1CCCCC1. The molecule has 1 N–H and O–H groups in total. The van der Waals surface area contributed by atoms with Crippen molar-refractivity contribution >= 4 is 21.8 Å². The van der Waals surface area contributed by atoms with Crippen LogP contribution in [0.5, 0.6) is 0 Å². The molecule has 0 amide bonds. The second kappa shape index (κ2) is 6.68. The molecule has 0 radical (unpaired) electrons. The fourth-order valence-electron chi connectivity index (χ4n) is 1.62. The highest BCUT2D eigenvalue weighted by atomic mass is 35.5. The summed E-state index contributed by atoms with van der Waals surface area (Å²) in [7, 11) is -3.22. The number of nitrogens with zero attached hydrogens (tertiary/aromatic N) is 1. The van der Waals surface area contributed by atoms with Gasteiger partial charge in [0.15, 0.2) is 0 Å². The van der Waals surface area contributed by atoms with Gasteiger partial charge in [-0.2, -0.15) is 12.7 Å². The Morgan fingerprint density at radius 2 is 1.80 bits per heavy atom. The van der Waals surface area contributed by atoms with Crippen molar-refractivity contribution in [2.75, 3.05) is 25.5 Å². The number of nitrogens with one attached hydrogen (secondary N) is 1. The Bertz CT molecular complexity index is 263. The van der Waals surface area contributed by atoms with Crippen LogP contribution in [0.4, 0.5) is 0 Å². The lowest BCUT2D eigenvalue weighted by Gasteiger charge is -2.25. The lowest BCUT2D eigenvalue weighted by molar-refractivity contribution is 0.341. The fourth-order valence-corrected chi connectivity index (χ4v) is 3.13. The molecule has 1 heterocycles. The number of hydrogen-bond acceptors (Lipinski definition) is 2. The normalized spacial score (nSPS) is 19.3. The van der Waals surface area contributed by atoms with E-state index in [9.17, 15) is 8.42 Å². The van der Waals surface area contributed by atoms with Gasteiger partial charge in [-0.15, -0.1) is 11.6 Å². The van der Waals surface area contributed by atoms with E-state index in [-0.39, 0.29) is 0 Å². The number of halogens is 1. The van der Waals surface area contributed by atoms with Crippen LogP contribution in [0.1, 0.15) is 32.1 Å². The Morgan fingerprint density at radius 3 is 2.40 bits per heavy atom. The molecule has 4 nitrogen and oxygen atoms in total. The van der Waals surface area contributed by atoms with Crippen LogP contribution < -0.4 is 4.72 Å². The summed E-state index contributed by atoms with van der Waals surface area (Å²) in [5.74, 6) is 0.589. The van der Waals surface area contributed by atoms with E-state index in [0.717, 1.165) is 32.1 Å². The summed E-state index contributed by atoms with van der Waals surface area (Å²) in [6, 6.07) is 0. The Hall–Kier alpha value is 0.160. The first-order valence-electron chi connectivity index (χ1n) is 5.47. The highest BCUT2D eigenvalue weighted by molar-refractivity contribution is 7.87. The number of rotatable bonds is 6. The highest BCUT2D eigenvalue weighted by Gasteiger charge is 2.22. The molecule has 0 aromatic heterocycles. The van der Waals surface area contributed by atoms with Gasteiger partial charge in [-0.25, -0.2) is 4.72 Å². The highest BCUT2D eigenvalue weighted by Crippen LogP contribution is 2.11. The zero-order chi connectivity index (χ0) is 11.1. The van der Waals surface area contributed by atoms with Gasteiger partial charge in [-0.1, -0.05) is 6.42 Å². The zero-order valence-electron chi connectivity index (χ0n) is 8.91. The van der Waals surface area contributed by atoms with Crippen LogP contribution in [0.3, 0.4) is 0 Å². The monoisotopic (exact) mass is 254 g/mol. The first-order chi connectivity index (χ1) is 7.17. The average Bonchev–Trinajstić information content (AvgIpc) is 2.26. The molecule has 0 atom stereocenters. The molecule has 6 heteroatoms. The molecule has 1 aliphatic heterocycles. The van der Waals surface area contributed by atoms with Crippen LogP contribution in [0.15, 0.2) is 0 Å². The van der Waals surface area contributed by atoms with Crippen LogP contribution in [0.25, 0.3) is 0 Å². The first-order valence-corrected chi connectivity index (χ1v) is 7.45. The van der Waals surface area contributed by atoms with E-state index in [1.165, 1.54) is 4.31 Å². The number of piperidine rings is 1. The lowest BCUT2D eigenvalue weighted by Crippen LogP contribution is -2.43. The van der Waals surface area contributed by atoms with Crippen molar-refractivity contribution < 1.29 is 8.42 Å². The van der Waals surface area contributed by atoms with E-state index in [0.29, 0.717) is 25.5 Å². The molecule has 15 heavy (non-hydrogen) atoms. The van der Waals surface area contributed by atoms with Gasteiger partial charge in [0.2, 0.25) is 0 Å². The van der Waals surface area contributed by atoms with Crippen LogP contribution >= 0.6 is 11.6 Å². The molecule has 1 rings (SSSR count). The molecule has 0 saturated carbocycles. The summed E-state index contributed by atoms with van der Waals surface area (Å²) in [6.07, 6.45) is 4.74. The first kappa shape index (κ1) is 13.2. The van der Waals surface area contributed by atoms with Crippen molar-refractivity contribution in [2.45, 2.75) is 32.1 Å². The molecule has 0 aliphatic carbocycles. The average molecular weight is 255 g/mol. The van der Waals surface area contributed by atoms with Gasteiger partial charge in [0.1, 0.15) is 0 Å². The smallest absolute Gasteiger partial charge is 0.202 e. The molecule has 1 fully saturated rings. The number of alkyl halides is 1. The molecule has 0 bridgehead atoms. The molecular weight excluding hydrogens is 236 g/mol. The summed E-state index contributed by atoms with van der Waals surface area (Å²) >= 11 is 5.51. The van der Waals surface area contributed by atoms with Gasteiger partial charge in [-0.05, 0) is 25.7 Å². The van der Waals surface area contributed by atoms with Crippen molar-refractivity contribution in [2.24, 2.45) is 0 Å². The fraction of sp³-hybridized carbons (Fsp3) is 1.00. The number of unbranched alkanes of at least 4 members (excludes halogenated alkanes) is 1. The quantitative estimate of drug-likeness (QED) is 0.574. The molecule has 0 unspecified atom stereocenters. The minimum absolute atomic E-state index is 0.492. The largest absolute Gasteiger partial charge is 0.279 e. The van der Waals surface area contributed by atoms with Crippen molar-refractivity contribution in [3.8, 4) is 0 Å². The second-order valence-corrected chi connectivity index (χ2v) is 5.89. The van der Waals surface area contributed by atoms with E-state index in [1.54, 1.807) is 0 Å². The number of hydrogen-bond donors (Lipinski definition) is 1. The van der Waals surface area contributed by atoms with Gasteiger partial charge in [0.25, 0.3) is 10.2 Å². The van der Waals surface area contributed by atoms with Crippen molar-refractivity contribution in [3.63, 3.8) is 0 Å². The Kier molecular flexibility index (Phi) is 5.89. The van der Waals surface area contributed by atoms with Gasteiger partial charge in [0.05, 0.1) is 0 Å². The molecule has 0 aromatic carbocycles. The minimum atomic E-state index is -3.22. The van der Waals surface area contributed by atoms with E-state index < -0.39 is 10.2 Å². The lowest BCUT2D eigenvalue weighted by atomic mass is 10.2. The maximum absolute atomic E-state index is 11.7. The molecular formula is C9H19ClN2O2S. The molecule has 0 spiro atoms. The van der Waals surface area contributed by atoms with Crippen LogP contribution in [0, 0.1) is 0 Å². The summed E-state index contributed by atoms with van der Waals surface area (Å²) in [6.45, 7) is 1.81. The van der Waals surface area contributed by atoms with Crippen LogP contribution in [-0.2, 0) is 10.2 Å². The zero-order valence-corrected chi connectivity index (χ0v) is 10.5. The Morgan fingerprint density at radius 1 is 1.13 bits per heavy atom. The molecule has 0 aromatic rings. The molecule has 1 aliphatic rings. The Labute approximate surface area is 97.2 Å². The summed E-state index contributed by atoms with van der Waals surface area (Å²) in [4.78, 5) is 0. The standard InChI is InChI=1S/C9H19ClN2O2S/c10-6-2-3-7-11-15(13,14)12-8-4-1-5-9-12/h11H,1-9H2. The molecule has 90 valence electrons. The predicted molar refractivity (Wildman–Crippen MR) is 62.3 cm³/mol. The van der Waals surface area contributed by atoms with Crippen molar-refractivity contribution in [1.29, 1.82) is 0 Å². The van der Waals surface area contributed by atoms with Gasteiger partial charge >= 0.3 is 0 Å². The van der Waals surface area contributed by atoms with E-state index >= 15 is 0 Å². The third kappa shape index (κ3) is 4.68. The summed E-state index contributed by atoms with van der Waals surface area (Å²) < 4.78 is 27.6. The van der Waals surface area contributed by atoms with Crippen LogP contribution in [-0.4, -0.2) is 38.2 Å². The van der Waals surface area contributed by atoms with Crippen LogP contribution in [0.2, 0.25) is 0 Å². The van der Waals surface area contributed by atoms with Gasteiger partial charge in [0, 0.05) is 25.5 Å². The summed E-state index contributed by atoms with van der Waals surface area (Å²) in [5, 5.41) is 0. The molecule has 1 saturated heterocycles. The van der Waals surface area contributed by atoms with E-state index in [1.807, 2.05) is 0 Å². The Balaban J connectivity index is 2.30. The van der Waals surface area contributed by atoms with E-state index in [4.69, 9.17) is 11.6 Å². The van der Waals surface area contributed by atoms with E-state index in [2.05, 4.69) is 4.72 Å².